The molecule has 0 aliphatic heterocycles. The molecule has 0 saturated carbocycles. The highest BCUT2D eigenvalue weighted by molar-refractivity contribution is 7.90. The Kier molecular flexibility index (Phi) is 9.85. The van der Waals surface area contributed by atoms with Gasteiger partial charge in [0.2, 0.25) is 0 Å². The lowest BCUT2D eigenvalue weighted by atomic mass is 10.1. The topological polar surface area (TPSA) is 115 Å². The Labute approximate surface area is 183 Å². The first-order valence-electron chi connectivity index (χ1n) is 9.50. The van der Waals surface area contributed by atoms with Crippen molar-refractivity contribution < 1.29 is 17.6 Å². The average molecular weight is 444 g/mol. The lowest BCUT2D eigenvalue weighted by molar-refractivity contribution is 0.102. The maximum Gasteiger partial charge on any atom is 0.255 e. The Balaban J connectivity index is 0.000000884. The Hall–Kier alpha value is -3.23. The SMILES string of the molecule is C=C.CCN.Cc1nc(-c2cccc(NC(=O)c3ccc(S(C)(=O)=O)cc3C)c2)co1. The normalized spacial score (nSPS) is 10.2. The second kappa shape index (κ2) is 11.8. The first-order valence-corrected chi connectivity index (χ1v) is 11.4. The van der Waals surface area contributed by atoms with Crippen LogP contribution in [0.2, 0.25) is 0 Å². The highest BCUT2D eigenvalue weighted by Crippen LogP contribution is 2.23. The van der Waals surface area contributed by atoms with Crippen molar-refractivity contribution in [3.63, 3.8) is 0 Å². The second-order valence-corrected chi connectivity index (χ2v) is 8.46. The van der Waals surface area contributed by atoms with E-state index in [1.54, 1.807) is 32.2 Å². The number of hydrogen-bond donors (Lipinski definition) is 2. The van der Waals surface area contributed by atoms with E-state index in [0.717, 1.165) is 18.4 Å². The van der Waals surface area contributed by atoms with Gasteiger partial charge in [-0.05, 0) is 49.4 Å². The molecule has 31 heavy (non-hydrogen) atoms. The lowest BCUT2D eigenvalue weighted by Gasteiger charge is -2.10. The minimum Gasteiger partial charge on any atom is -0.449 e. The van der Waals surface area contributed by atoms with E-state index in [0.29, 0.717) is 28.4 Å². The Morgan fingerprint density at radius 1 is 1.16 bits per heavy atom. The number of hydrogen-bond acceptors (Lipinski definition) is 6. The predicted octanol–water partition coefficient (Wildman–Crippen LogP) is 4.38. The molecule has 1 amide bonds. The van der Waals surface area contributed by atoms with Crippen molar-refractivity contribution in [3.05, 3.63) is 78.9 Å². The van der Waals surface area contributed by atoms with Crippen LogP contribution in [0.15, 0.2) is 71.2 Å². The molecule has 7 nitrogen and oxygen atoms in total. The summed E-state index contributed by atoms with van der Waals surface area (Å²) < 4.78 is 28.5. The van der Waals surface area contributed by atoms with Gasteiger partial charge in [-0.3, -0.25) is 4.79 Å². The number of carbonyl (C=O) groups excluding carboxylic acids is 1. The van der Waals surface area contributed by atoms with Gasteiger partial charge in [0.05, 0.1) is 4.90 Å². The molecule has 0 bridgehead atoms. The molecule has 1 aromatic heterocycles. The third kappa shape index (κ3) is 7.51. The van der Waals surface area contributed by atoms with Gasteiger partial charge < -0.3 is 15.5 Å². The van der Waals surface area contributed by atoms with Crippen LogP contribution in [0, 0.1) is 13.8 Å². The molecule has 3 N–H and O–H groups in total. The minimum absolute atomic E-state index is 0.190. The summed E-state index contributed by atoms with van der Waals surface area (Å²) in [6.45, 7) is 12.1. The molecule has 1 heterocycles. The molecule has 0 fully saturated rings. The number of nitrogens with two attached hydrogens (primary N) is 1. The van der Waals surface area contributed by atoms with Gasteiger partial charge in [0.25, 0.3) is 5.91 Å². The number of oxazole rings is 1. The zero-order valence-electron chi connectivity index (χ0n) is 18.3. The average Bonchev–Trinajstić information content (AvgIpc) is 3.16. The van der Waals surface area contributed by atoms with E-state index < -0.39 is 9.84 Å². The van der Waals surface area contributed by atoms with Gasteiger partial charge in [-0.25, -0.2) is 13.4 Å². The van der Waals surface area contributed by atoms with Crippen LogP contribution in [0.25, 0.3) is 11.3 Å². The summed E-state index contributed by atoms with van der Waals surface area (Å²) in [6.07, 6.45) is 2.70. The molecule has 3 rings (SSSR count). The standard InChI is InChI=1S/C19H18N2O4S.C2H7N.C2H4/c1-12-9-16(26(3,23)24)7-8-17(12)19(22)21-15-6-4-5-14(10-15)18-11-25-13(2)20-18;1-2-3;1-2/h4-11H,1-3H3,(H,21,22);2-3H2,1H3;1-2H2. The van der Waals surface area contributed by atoms with Crippen molar-refractivity contribution in [1.29, 1.82) is 0 Å². The maximum absolute atomic E-state index is 12.6. The second-order valence-electron chi connectivity index (χ2n) is 6.44. The molecule has 0 unspecified atom stereocenters. The van der Waals surface area contributed by atoms with Crippen molar-refractivity contribution in [1.82, 2.24) is 4.98 Å². The van der Waals surface area contributed by atoms with Crippen molar-refractivity contribution in [2.45, 2.75) is 25.7 Å². The van der Waals surface area contributed by atoms with Gasteiger partial charge in [0.1, 0.15) is 12.0 Å². The van der Waals surface area contributed by atoms with Gasteiger partial charge in [0, 0.05) is 30.0 Å². The Morgan fingerprint density at radius 3 is 2.32 bits per heavy atom. The molecule has 0 atom stereocenters. The highest BCUT2D eigenvalue weighted by atomic mass is 32.2. The Morgan fingerprint density at radius 2 is 1.81 bits per heavy atom. The summed E-state index contributed by atoms with van der Waals surface area (Å²) in [7, 11) is -3.31. The van der Waals surface area contributed by atoms with E-state index in [-0.39, 0.29) is 10.8 Å². The summed E-state index contributed by atoms with van der Waals surface area (Å²) in [5, 5.41) is 2.83. The van der Waals surface area contributed by atoms with E-state index >= 15 is 0 Å². The third-order valence-electron chi connectivity index (χ3n) is 3.91. The molecule has 0 radical (unpaired) electrons. The van der Waals surface area contributed by atoms with Crippen LogP contribution < -0.4 is 11.1 Å². The van der Waals surface area contributed by atoms with Gasteiger partial charge in [-0.2, -0.15) is 0 Å². The summed E-state index contributed by atoms with van der Waals surface area (Å²) in [5.41, 5.74) is 7.98. The van der Waals surface area contributed by atoms with Crippen LogP contribution in [0.1, 0.15) is 28.7 Å². The lowest BCUT2D eigenvalue weighted by Crippen LogP contribution is -2.14. The first-order chi connectivity index (χ1) is 14.7. The number of anilines is 1. The molecular formula is C23H29N3O4S. The van der Waals surface area contributed by atoms with E-state index in [9.17, 15) is 13.2 Å². The highest BCUT2D eigenvalue weighted by Gasteiger charge is 2.14. The zero-order valence-corrected chi connectivity index (χ0v) is 19.1. The number of sulfone groups is 1. The van der Waals surface area contributed by atoms with Gasteiger partial charge in [-0.1, -0.05) is 19.1 Å². The minimum atomic E-state index is -3.31. The summed E-state index contributed by atoms with van der Waals surface area (Å²) >= 11 is 0. The summed E-state index contributed by atoms with van der Waals surface area (Å²) in [4.78, 5) is 17.0. The zero-order chi connectivity index (χ0) is 23.6. The molecule has 8 heteroatoms. The van der Waals surface area contributed by atoms with Crippen molar-refractivity contribution in [3.8, 4) is 11.3 Å². The fraction of sp³-hybridized carbons (Fsp3) is 0.217. The molecule has 0 spiro atoms. The fourth-order valence-corrected chi connectivity index (χ4v) is 3.28. The largest absolute Gasteiger partial charge is 0.449 e. The van der Waals surface area contributed by atoms with Crippen molar-refractivity contribution in [2.24, 2.45) is 5.73 Å². The van der Waals surface area contributed by atoms with E-state index in [4.69, 9.17) is 10.2 Å². The molecule has 3 aromatic rings. The number of rotatable bonds is 4. The molecule has 0 aliphatic rings. The van der Waals surface area contributed by atoms with Gasteiger partial charge in [0.15, 0.2) is 15.7 Å². The van der Waals surface area contributed by atoms with Crippen LogP contribution in [-0.4, -0.2) is 32.1 Å². The van der Waals surface area contributed by atoms with Gasteiger partial charge >= 0.3 is 0 Å². The fourth-order valence-electron chi connectivity index (χ4n) is 2.57. The van der Waals surface area contributed by atoms with Gasteiger partial charge in [-0.15, -0.1) is 13.2 Å². The van der Waals surface area contributed by atoms with E-state index in [1.165, 1.54) is 18.2 Å². The predicted molar refractivity (Wildman–Crippen MR) is 125 cm³/mol. The third-order valence-corrected chi connectivity index (χ3v) is 5.02. The smallest absolute Gasteiger partial charge is 0.255 e. The van der Waals surface area contributed by atoms with Crippen LogP contribution in [-0.2, 0) is 9.84 Å². The number of carbonyl (C=O) groups is 1. The first kappa shape index (κ1) is 25.8. The molecule has 2 aromatic carbocycles. The van der Waals surface area contributed by atoms with Crippen LogP contribution in [0.4, 0.5) is 5.69 Å². The molecule has 0 aliphatic carbocycles. The number of aromatic nitrogens is 1. The summed E-state index contributed by atoms with van der Waals surface area (Å²) in [5.74, 6) is 0.257. The number of amides is 1. The van der Waals surface area contributed by atoms with Crippen molar-refractivity contribution in [2.75, 3.05) is 18.1 Å². The van der Waals surface area contributed by atoms with E-state index in [1.807, 2.05) is 19.1 Å². The maximum atomic E-state index is 12.6. The van der Waals surface area contributed by atoms with E-state index in [2.05, 4.69) is 23.5 Å². The number of aryl methyl sites for hydroxylation is 2. The summed E-state index contributed by atoms with van der Waals surface area (Å²) in [6, 6.07) is 11.7. The van der Waals surface area contributed by atoms with Crippen LogP contribution in [0.5, 0.6) is 0 Å². The number of nitrogens with one attached hydrogen (secondary N) is 1. The van der Waals surface area contributed by atoms with Crippen LogP contribution >= 0.6 is 0 Å². The quantitative estimate of drug-likeness (QED) is 0.578. The monoisotopic (exact) mass is 443 g/mol. The Bertz CT molecular complexity index is 1120. The molecule has 166 valence electrons. The van der Waals surface area contributed by atoms with Crippen molar-refractivity contribution >= 4 is 21.4 Å². The van der Waals surface area contributed by atoms with Crippen LogP contribution in [0.3, 0.4) is 0 Å². The molecular weight excluding hydrogens is 414 g/mol. The number of benzene rings is 2. The number of nitrogens with zero attached hydrogens (tertiary/aromatic N) is 1. The molecule has 0 saturated heterocycles.